The number of likely N-dealkylation sites (tertiary alicyclic amines) is 1. The van der Waals surface area contributed by atoms with Gasteiger partial charge in [0.25, 0.3) is 0 Å². The number of piperidine rings is 1. The molecule has 37 heavy (non-hydrogen) atoms. The zero-order chi connectivity index (χ0) is 27.3. The molecule has 1 heterocycles. The molecule has 5 N–H and O–H groups in total. The normalized spacial score (nSPS) is 15.3. The number of benzene rings is 2. The third-order valence-electron chi connectivity index (χ3n) is 6.14. The summed E-state index contributed by atoms with van der Waals surface area (Å²) in [5, 5.41) is 27.8. The van der Waals surface area contributed by atoms with E-state index in [0.717, 1.165) is 49.9 Å². The lowest BCUT2D eigenvalue weighted by Crippen LogP contribution is -2.38. The fourth-order valence-electron chi connectivity index (χ4n) is 4.17. The molecule has 0 spiro atoms. The molecule has 0 aliphatic carbocycles. The first kappa shape index (κ1) is 27.6. The van der Waals surface area contributed by atoms with Crippen LogP contribution in [0.15, 0.2) is 47.5 Å². The van der Waals surface area contributed by atoms with Crippen LogP contribution in [0.25, 0.3) is 6.08 Å². The number of alkyl halides is 3. The minimum atomic E-state index is -4.86. The molecule has 198 valence electrons. The van der Waals surface area contributed by atoms with Gasteiger partial charge in [-0.1, -0.05) is 18.2 Å². The van der Waals surface area contributed by atoms with Crippen molar-refractivity contribution in [2.24, 2.45) is 10.7 Å². The quantitative estimate of drug-likeness (QED) is 0.335. The summed E-state index contributed by atoms with van der Waals surface area (Å²) < 4.78 is 40.6. The first-order chi connectivity index (χ1) is 17.4. The van der Waals surface area contributed by atoms with Crippen LogP contribution < -0.4 is 10.6 Å². The fraction of sp³-hybridized carbons (Fsp3) is 0.346. The number of halogens is 3. The van der Waals surface area contributed by atoms with Gasteiger partial charge in [0.1, 0.15) is 22.9 Å². The van der Waals surface area contributed by atoms with E-state index < -0.39 is 29.1 Å². The van der Waals surface area contributed by atoms with Gasteiger partial charge in [0, 0.05) is 37.7 Å². The minimum Gasteiger partial charge on any atom is -0.507 e. The topological polar surface area (TPSA) is 126 Å². The van der Waals surface area contributed by atoms with Crippen LogP contribution >= 0.6 is 0 Å². The Hall–Kier alpha value is -4.02. The van der Waals surface area contributed by atoms with Gasteiger partial charge in [-0.15, -0.1) is 0 Å². The number of phenols is 2. The van der Waals surface area contributed by atoms with Crippen molar-refractivity contribution in [3.8, 4) is 11.5 Å². The maximum absolute atomic E-state index is 13.5. The molecule has 0 bridgehead atoms. The molecule has 0 unspecified atom stereocenters. The molecular formula is C26H30F3N5O3. The lowest BCUT2D eigenvalue weighted by molar-refractivity contribution is -0.138. The van der Waals surface area contributed by atoms with Crippen molar-refractivity contribution in [2.75, 3.05) is 24.5 Å². The van der Waals surface area contributed by atoms with Gasteiger partial charge in [-0.25, -0.2) is 0 Å². The molecule has 8 nitrogen and oxygen atoms in total. The summed E-state index contributed by atoms with van der Waals surface area (Å²) >= 11 is 0. The van der Waals surface area contributed by atoms with Gasteiger partial charge in [-0.05, 0) is 50.1 Å². The van der Waals surface area contributed by atoms with Crippen molar-refractivity contribution in [3.63, 3.8) is 0 Å². The zero-order valence-electron chi connectivity index (χ0n) is 20.6. The van der Waals surface area contributed by atoms with Crippen LogP contribution in [0, 0.1) is 5.41 Å². The van der Waals surface area contributed by atoms with Gasteiger partial charge in [0.2, 0.25) is 5.91 Å². The van der Waals surface area contributed by atoms with Crippen molar-refractivity contribution < 1.29 is 28.2 Å². The number of nitrogens with zero attached hydrogens (tertiary/aromatic N) is 3. The third kappa shape index (κ3) is 6.81. The van der Waals surface area contributed by atoms with E-state index in [9.17, 15) is 28.2 Å². The molecule has 0 atom stereocenters. The van der Waals surface area contributed by atoms with E-state index in [1.54, 1.807) is 19.1 Å². The highest BCUT2D eigenvalue weighted by Gasteiger charge is 2.38. The number of hydrogen-bond donors (Lipinski definition) is 4. The van der Waals surface area contributed by atoms with Crippen molar-refractivity contribution in [2.45, 2.75) is 38.9 Å². The third-order valence-corrected chi connectivity index (χ3v) is 6.14. The van der Waals surface area contributed by atoms with E-state index in [0.29, 0.717) is 22.8 Å². The Morgan fingerprint density at radius 3 is 2.46 bits per heavy atom. The number of aromatic hydroxyl groups is 2. The maximum atomic E-state index is 13.5. The fourth-order valence-corrected chi connectivity index (χ4v) is 4.17. The minimum absolute atomic E-state index is 0.0117. The second-order valence-electron chi connectivity index (χ2n) is 8.79. The number of phenolic OH excluding ortho intramolecular Hbond substituents is 2. The first-order valence-corrected chi connectivity index (χ1v) is 11.7. The number of carbonyl (C=O) groups is 1. The van der Waals surface area contributed by atoms with Crippen LogP contribution in [-0.4, -0.2) is 58.4 Å². The average molecular weight is 518 g/mol. The molecule has 0 radical (unpaired) electrons. The second kappa shape index (κ2) is 11.4. The molecule has 2 aromatic rings. The SMILES string of the molecule is CC(=N)N1CCC(N=C(N)c2ccc(O)c(/C=C/CN(C(C)=O)c3cccc(O)c3C(F)(F)F)c2)CC1. The number of rotatable bonds is 6. The van der Waals surface area contributed by atoms with E-state index in [-0.39, 0.29) is 18.3 Å². The van der Waals surface area contributed by atoms with Gasteiger partial charge in [-0.2, -0.15) is 13.2 Å². The largest absolute Gasteiger partial charge is 0.507 e. The van der Waals surface area contributed by atoms with Crippen molar-refractivity contribution in [3.05, 3.63) is 59.2 Å². The van der Waals surface area contributed by atoms with Crippen LogP contribution in [0.5, 0.6) is 11.5 Å². The molecule has 2 aromatic carbocycles. The van der Waals surface area contributed by atoms with Crippen LogP contribution in [0.3, 0.4) is 0 Å². The molecule has 3 rings (SSSR count). The van der Waals surface area contributed by atoms with E-state index in [4.69, 9.17) is 11.1 Å². The Balaban J connectivity index is 1.79. The number of amides is 1. The molecule has 1 fully saturated rings. The van der Waals surface area contributed by atoms with Crippen LogP contribution in [-0.2, 0) is 11.0 Å². The van der Waals surface area contributed by atoms with E-state index in [1.165, 1.54) is 24.3 Å². The van der Waals surface area contributed by atoms with Gasteiger partial charge in [0.05, 0.1) is 17.6 Å². The monoisotopic (exact) mass is 517 g/mol. The number of carbonyl (C=O) groups excluding carboxylic acids is 1. The summed E-state index contributed by atoms with van der Waals surface area (Å²) in [6, 6.07) is 7.93. The van der Waals surface area contributed by atoms with E-state index in [2.05, 4.69) is 4.99 Å². The Morgan fingerprint density at radius 1 is 1.19 bits per heavy atom. The Bertz CT molecular complexity index is 1220. The highest BCUT2D eigenvalue weighted by atomic mass is 19.4. The number of anilines is 1. The van der Waals surface area contributed by atoms with E-state index in [1.807, 2.05) is 4.90 Å². The van der Waals surface area contributed by atoms with Crippen molar-refractivity contribution in [1.29, 1.82) is 5.41 Å². The molecule has 0 saturated carbocycles. The van der Waals surface area contributed by atoms with Gasteiger partial charge >= 0.3 is 6.18 Å². The summed E-state index contributed by atoms with van der Waals surface area (Å²) in [6.45, 7) is 4.09. The molecule has 1 amide bonds. The summed E-state index contributed by atoms with van der Waals surface area (Å²) in [5.41, 5.74) is 5.36. The summed E-state index contributed by atoms with van der Waals surface area (Å²) in [4.78, 5) is 19.6. The Labute approximate surface area is 213 Å². The Morgan fingerprint density at radius 2 is 1.86 bits per heavy atom. The number of amidine groups is 2. The molecule has 11 heteroatoms. The highest BCUT2D eigenvalue weighted by Crippen LogP contribution is 2.42. The predicted octanol–water partition coefficient (Wildman–Crippen LogP) is 4.35. The lowest BCUT2D eigenvalue weighted by Gasteiger charge is -2.31. The molecule has 1 saturated heterocycles. The summed E-state index contributed by atoms with van der Waals surface area (Å²) in [7, 11) is 0. The van der Waals surface area contributed by atoms with Gasteiger partial charge in [0.15, 0.2) is 0 Å². The standard InChI is InChI=1S/C26H30F3N5O3/c1-16(30)33-13-10-20(11-14-33)32-25(31)19-8-9-22(36)18(15-19)5-4-12-34(17(2)35)21-6-3-7-23(37)24(21)26(27,28)29/h3-9,15,20,30,36-37H,10-14H2,1-2H3,(H2,31,32)/b5-4+,30-16?. The Kier molecular flexibility index (Phi) is 8.46. The van der Waals surface area contributed by atoms with Gasteiger partial charge < -0.3 is 25.7 Å². The number of nitrogens with two attached hydrogens (primary N) is 1. The average Bonchev–Trinajstić information content (AvgIpc) is 2.82. The second-order valence-corrected chi connectivity index (χ2v) is 8.79. The number of hydrogen-bond acceptors (Lipinski definition) is 5. The predicted molar refractivity (Wildman–Crippen MR) is 137 cm³/mol. The lowest BCUT2D eigenvalue weighted by atomic mass is 10.0. The molecule has 0 aromatic heterocycles. The van der Waals surface area contributed by atoms with Crippen molar-refractivity contribution >= 4 is 29.3 Å². The summed E-state index contributed by atoms with van der Waals surface area (Å²) in [6.07, 6.45) is -0.428. The number of nitrogens with one attached hydrogen (secondary N) is 1. The molecule has 1 aliphatic rings. The zero-order valence-corrected chi connectivity index (χ0v) is 20.6. The van der Waals surface area contributed by atoms with Crippen LogP contribution in [0.2, 0.25) is 0 Å². The van der Waals surface area contributed by atoms with E-state index >= 15 is 0 Å². The summed E-state index contributed by atoms with van der Waals surface area (Å²) in [5.74, 6) is -0.893. The molecular weight excluding hydrogens is 487 g/mol. The van der Waals surface area contributed by atoms with Crippen molar-refractivity contribution in [1.82, 2.24) is 4.90 Å². The van der Waals surface area contributed by atoms with Crippen LogP contribution in [0.4, 0.5) is 18.9 Å². The van der Waals surface area contributed by atoms with Crippen LogP contribution in [0.1, 0.15) is 43.4 Å². The smallest absolute Gasteiger partial charge is 0.421 e. The number of aliphatic imine (C=N–C) groups is 1. The first-order valence-electron chi connectivity index (χ1n) is 11.7. The van der Waals surface area contributed by atoms with Gasteiger partial charge in [-0.3, -0.25) is 15.2 Å². The highest BCUT2D eigenvalue weighted by molar-refractivity contribution is 5.98. The molecule has 1 aliphatic heterocycles. The maximum Gasteiger partial charge on any atom is 0.421 e.